The number of amides is 1. The molecule has 6 heteroatoms. The second kappa shape index (κ2) is 7.69. The molecule has 0 fully saturated rings. The molecule has 0 atom stereocenters. The number of hydrogen-bond donors (Lipinski definition) is 1. The molecule has 0 aromatic heterocycles. The molecule has 0 radical (unpaired) electrons. The van der Waals surface area contributed by atoms with Gasteiger partial charge < -0.3 is 5.32 Å². The summed E-state index contributed by atoms with van der Waals surface area (Å²) >= 11 is 0. The minimum absolute atomic E-state index is 0.0152. The smallest absolute Gasteiger partial charge is 0.234 e. The number of Topliss-reactive ketones (excluding diaryl/α,β-unsaturated/α-hetero) is 1. The van der Waals surface area contributed by atoms with Crippen molar-refractivity contribution in [3.05, 3.63) is 35.4 Å². The van der Waals surface area contributed by atoms with E-state index in [1.54, 1.807) is 11.8 Å². The van der Waals surface area contributed by atoms with Gasteiger partial charge in [0.2, 0.25) is 5.91 Å². The number of ketones is 1. The maximum atomic E-state index is 13.1. The van der Waals surface area contributed by atoms with Crippen LogP contribution < -0.4 is 5.32 Å². The van der Waals surface area contributed by atoms with Gasteiger partial charge in [0, 0.05) is 12.1 Å². The molecule has 0 aliphatic carbocycles. The Bertz CT molecular complexity index is 492. The number of nitrogens with zero attached hydrogens (tertiary/aromatic N) is 1. The molecule has 1 aromatic carbocycles. The minimum atomic E-state index is -1.05. The molecular formula is C14H18F2N2O2. The van der Waals surface area contributed by atoms with Crippen molar-refractivity contribution in [3.63, 3.8) is 0 Å². The molecule has 0 unspecified atom stereocenters. The Balaban J connectivity index is 2.67. The van der Waals surface area contributed by atoms with E-state index >= 15 is 0 Å². The van der Waals surface area contributed by atoms with Crippen LogP contribution in [0.2, 0.25) is 0 Å². The van der Waals surface area contributed by atoms with Gasteiger partial charge in [-0.15, -0.1) is 0 Å². The van der Waals surface area contributed by atoms with Gasteiger partial charge in [0.05, 0.1) is 13.1 Å². The summed E-state index contributed by atoms with van der Waals surface area (Å²) in [4.78, 5) is 25.0. The van der Waals surface area contributed by atoms with Crippen molar-refractivity contribution >= 4 is 11.7 Å². The first kappa shape index (κ1) is 16.2. The number of halogens is 2. The molecule has 1 rings (SSSR count). The average Bonchev–Trinajstić information content (AvgIpc) is 2.41. The van der Waals surface area contributed by atoms with Gasteiger partial charge in [0.15, 0.2) is 17.4 Å². The SMILES string of the molecule is CCNC(=O)CN(CC)CC(=O)c1ccc(F)c(F)c1. The van der Waals surface area contributed by atoms with Crippen molar-refractivity contribution in [2.75, 3.05) is 26.2 Å². The molecule has 0 saturated carbocycles. The van der Waals surface area contributed by atoms with Crippen molar-refractivity contribution < 1.29 is 18.4 Å². The van der Waals surface area contributed by atoms with Crippen LogP contribution in [0.25, 0.3) is 0 Å². The van der Waals surface area contributed by atoms with Crippen molar-refractivity contribution in [3.8, 4) is 0 Å². The molecule has 0 heterocycles. The topological polar surface area (TPSA) is 49.4 Å². The highest BCUT2D eigenvalue weighted by Crippen LogP contribution is 2.09. The van der Waals surface area contributed by atoms with Crippen molar-refractivity contribution in [2.45, 2.75) is 13.8 Å². The van der Waals surface area contributed by atoms with Gasteiger partial charge in [-0.2, -0.15) is 0 Å². The lowest BCUT2D eigenvalue weighted by atomic mass is 10.1. The van der Waals surface area contributed by atoms with Crippen LogP contribution in [-0.4, -0.2) is 42.8 Å². The quantitative estimate of drug-likeness (QED) is 0.774. The van der Waals surface area contributed by atoms with Gasteiger partial charge >= 0.3 is 0 Å². The zero-order valence-corrected chi connectivity index (χ0v) is 11.6. The Morgan fingerprint density at radius 1 is 1.15 bits per heavy atom. The molecule has 20 heavy (non-hydrogen) atoms. The van der Waals surface area contributed by atoms with E-state index in [0.717, 1.165) is 12.1 Å². The lowest BCUT2D eigenvalue weighted by Crippen LogP contribution is -2.39. The lowest BCUT2D eigenvalue weighted by molar-refractivity contribution is -0.121. The van der Waals surface area contributed by atoms with Crippen LogP contribution in [0, 0.1) is 11.6 Å². The van der Waals surface area contributed by atoms with Crippen LogP contribution in [0.4, 0.5) is 8.78 Å². The Labute approximate surface area is 116 Å². The molecular weight excluding hydrogens is 266 g/mol. The van der Waals surface area contributed by atoms with Gasteiger partial charge in [-0.25, -0.2) is 8.78 Å². The highest BCUT2D eigenvalue weighted by Gasteiger charge is 2.15. The van der Waals surface area contributed by atoms with Crippen molar-refractivity contribution in [1.82, 2.24) is 10.2 Å². The molecule has 1 aromatic rings. The molecule has 1 N–H and O–H groups in total. The molecule has 0 aliphatic rings. The molecule has 110 valence electrons. The van der Waals surface area contributed by atoms with Crippen molar-refractivity contribution in [1.29, 1.82) is 0 Å². The van der Waals surface area contributed by atoms with Gasteiger partial charge in [-0.05, 0) is 31.7 Å². The number of rotatable bonds is 7. The maximum absolute atomic E-state index is 13.1. The third kappa shape index (κ3) is 4.70. The van der Waals surface area contributed by atoms with Gasteiger partial charge in [0.25, 0.3) is 0 Å². The zero-order chi connectivity index (χ0) is 15.1. The molecule has 0 bridgehead atoms. The molecule has 0 spiro atoms. The molecule has 0 aliphatic heterocycles. The average molecular weight is 284 g/mol. The van der Waals surface area contributed by atoms with Crippen LogP contribution in [0.3, 0.4) is 0 Å². The second-order valence-corrected chi connectivity index (χ2v) is 4.31. The van der Waals surface area contributed by atoms with E-state index in [4.69, 9.17) is 0 Å². The van der Waals surface area contributed by atoms with E-state index in [2.05, 4.69) is 5.32 Å². The van der Waals surface area contributed by atoms with Gasteiger partial charge in [-0.3, -0.25) is 14.5 Å². The third-order valence-corrected chi connectivity index (χ3v) is 2.80. The molecule has 0 saturated heterocycles. The fraction of sp³-hybridized carbons (Fsp3) is 0.429. The third-order valence-electron chi connectivity index (χ3n) is 2.80. The van der Waals surface area contributed by atoms with Gasteiger partial charge in [0.1, 0.15) is 0 Å². The summed E-state index contributed by atoms with van der Waals surface area (Å²) < 4.78 is 25.9. The number of carbonyl (C=O) groups is 2. The van der Waals surface area contributed by atoms with E-state index < -0.39 is 11.6 Å². The Morgan fingerprint density at radius 2 is 1.85 bits per heavy atom. The first-order chi connectivity index (χ1) is 9.47. The monoisotopic (exact) mass is 284 g/mol. The fourth-order valence-electron chi connectivity index (χ4n) is 1.70. The van der Waals surface area contributed by atoms with Crippen LogP contribution in [0.15, 0.2) is 18.2 Å². The van der Waals surface area contributed by atoms with Gasteiger partial charge in [-0.1, -0.05) is 6.92 Å². The maximum Gasteiger partial charge on any atom is 0.234 e. The minimum Gasteiger partial charge on any atom is -0.355 e. The van der Waals surface area contributed by atoms with E-state index in [1.807, 2.05) is 6.92 Å². The Morgan fingerprint density at radius 3 is 2.40 bits per heavy atom. The number of carbonyl (C=O) groups excluding carboxylic acids is 2. The summed E-state index contributed by atoms with van der Waals surface area (Å²) in [5.74, 6) is -2.57. The first-order valence-corrected chi connectivity index (χ1v) is 6.45. The van der Waals surface area contributed by atoms with Crippen molar-refractivity contribution in [2.24, 2.45) is 0 Å². The zero-order valence-electron chi connectivity index (χ0n) is 11.6. The summed E-state index contributed by atoms with van der Waals surface area (Å²) in [5.41, 5.74) is 0.0956. The highest BCUT2D eigenvalue weighted by molar-refractivity contribution is 5.97. The van der Waals surface area contributed by atoms with Crippen LogP contribution in [-0.2, 0) is 4.79 Å². The van der Waals surface area contributed by atoms with E-state index in [1.165, 1.54) is 6.07 Å². The molecule has 4 nitrogen and oxygen atoms in total. The Hall–Kier alpha value is -1.82. The Kier molecular flexibility index (Phi) is 6.24. The summed E-state index contributed by atoms with van der Waals surface area (Å²) in [6.45, 7) is 4.73. The van der Waals surface area contributed by atoms with Crippen LogP contribution >= 0.6 is 0 Å². The summed E-state index contributed by atoms with van der Waals surface area (Å²) in [6.07, 6.45) is 0. The number of likely N-dealkylation sites (N-methyl/N-ethyl adjacent to an activating group) is 2. The summed E-state index contributed by atoms with van der Waals surface area (Å²) in [6, 6.07) is 3.03. The number of hydrogen-bond acceptors (Lipinski definition) is 3. The summed E-state index contributed by atoms with van der Waals surface area (Å²) in [5, 5.41) is 2.64. The normalized spacial score (nSPS) is 10.7. The largest absolute Gasteiger partial charge is 0.355 e. The standard InChI is InChI=1S/C14H18F2N2O2/c1-3-17-14(20)9-18(4-2)8-13(19)10-5-6-11(15)12(16)7-10/h5-7H,3-4,8-9H2,1-2H3,(H,17,20). The first-order valence-electron chi connectivity index (χ1n) is 6.45. The number of benzene rings is 1. The second-order valence-electron chi connectivity index (χ2n) is 4.31. The van der Waals surface area contributed by atoms with Crippen LogP contribution in [0.1, 0.15) is 24.2 Å². The predicted molar refractivity (Wildman–Crippen MR) is 71.5 cm³/mol. The molecule has 1 amide bonds. The number of nitrogens with one attached hydrogen (secondary N) is 1. The fourth-order valence-corrected chi connectivity index (χ4v) is 1.70. The highest BCUT2D eigenvalue weighted by atomic mass is 19.2. The van der Waals surface area contributed by atoms with E-state index in [9.17, 15) is 18.4 Å². The summed E-state index contributed by atoms with van der Waals surface area (Å²) in [7, 11) is 0. The van der Waals surface area contributed by atoms with E-state index in [0.29, 0.717) is 13.1 Å². The van der Waals surface area contributed by atoms with Crippen LogP contribution in [0.5, 0.6) is 0 Å². The van der Waals surface area contributed by atoms with E-state index in [-0.39, 0.29) is 30.3 Å². The lowest BCUT2D eigenvalue weighted by Gasteiger charge is -2.18. The predicted octanol–water partition coefficient (Wildman–Crippen LogP) is 1.61.